The zero-order valence-electron chi connectivity index (χ0n) is 10.2. The van der Waals surface area contributed by atoms with Crippen molar-refractivity contribution in [2.75, 3.05) is 11.9 Å². The molecule has 2 atom stereocenters. The topological polar surface area (TPSA) is 47.0 Å². The first-order valence-corrected chi connectivity index (χ1v) is 6.56. The number of hydrogen-bond donors (Lipinski definition) is 1. The first-order chi connectivity index (χ1) is 8.36. The van der Waals surface area contributed by atoms with Gasteiger partial charge in [-0.1, -0.05) is 6.92 Å². The van der Waals surface area contributed by atoms with Gasteiger partial charge in [0, 0.05) is 18.4 Å². The molecule has 2 heterocycles. The summed E-state index contributed by atoms with van der Waals surface area (Å²) in [6.45, 7) is 2.99. The molecule has 17 heavy (non-hydrogen) atoms. The highest BCUT2D eigenvalue weighted by Gasteiger charge is 2.40. The fourth-order valence-electron chi connectivity index (χ4n) is 2.51. The average Bonchev–Trinajstić information content (AvgIpc) is 3.11. The van der Waals surface area contributed by atoms with Crippen LogP contribution in [0.4, 0.5) is 5.82 Å². The van der Waals surface area contributed by atoms with Crippen LogP contribution in [0.3, 0.4) is 0 Å². The Morgan fingerprint density at radius 2 is 2.24 bits per heavy atom. The van der Waals surface area contributed by atoms with Crippen LogP contribution < -0.4 is 5.32 Å². The molecule has 2 unspecified atom stereocenters. The van der Waals surface area contributed by atoms with E-state index in [1.54, 1.807) is 6.33 Å². The lowest BCUT2D eigenvalue weighted by molar-refractivity contribution is 0.0898. The lowest BCUT2D eigenvalue weighted by Gasteiger charge is -2.20. The minimum atomic E-state index is 0.398. The lowest BCUT2D eigenvalue weighted by Crippen LogP contribution is -2.31. The van der Waals surface area contributed by atoms with Crippen LogP contribution in [-0.2, 0) is 11.2 Å². The molecule has 1 aliphatic heterocycles. The monoisotopic (exact) mass is 233 g/mol. The van der Waals surface area contributed by atoms with Crippen LogP contribution in [0.1, 0.15) is 31.9 Å². The number of ether oxygens (including phenoxy) is 1. The van der Waals surface area contributed by atoms with E-state index in [0.717, 1.165) is 36.9 Å². The molecule has 2 fully saturated rings. The second-order valence-corrected chi connectivity index (χ2v) is 4.96. The second-order valence-electron chi connectivity index (χ2n) is 4.96. The third-order valence-corrected chi connectivity index (χ3v) is 3.64. The number of anilines is 1. The van der Waals surface area contributed by atoms with E-state index in [0.29, 0.717) is 12.1 Å². The fraction of sp³-hybridized carbons (Fsp3) is 0.692. The van der Waals surface area contributed by atoms with Crippen LogP contribution >= 0.6 is 0 Å². The number of rotatable bonds is 4. The molecule has 4 heteroatoms. The molecule has 1 aliphatic carbocycles. The van der Waals surface area contributed by atoms with Gasteiger partial charge in [0.15, 0.2) is 0 Å². The largest absolute Gasteiger partial charge is 0.376 e. The van der Waals surface area contributed by atoms with E-state index in [2.05, 4.69) is 22.2 Å². The minimum Gasteiger partial charge on any atom is -0.376 e. The molecule has 1 aromatic heterocycles. The van der Waals surface area contributed by atoms with Crippen molar-refractivity contribution in [3.63, 3.8) is 0 Å². The van der Waals surface area contributed by atoms with Gasteiger partial charge in [-0.2, -0.15) is 0 Å². The molecule has 1 N–H and O–H groups in total. The predicted octanol–water partition coefficient (Wildman–Crippen LogP) is 2.02. The number of nitrogens with zero attached hydrogens (tertiary/aromatic N) is 2. The zero-order chi connectivity index (χ0) is 11.7. The highest BCUT2D eigenvalue weighted by atomic mass is 16.5. The number of hydrogen-bond acceptors (Lipinski definition) is 4. The first kappa shape index (κ1) is 11.0. The molecule has 4 nitrogen and oxygen atoms in total. The third kappa shape index (κ3) is 2.41. The summed E-state index contributed by atoms with van der Waals surface area (Å²) in [6, 6.07) is 2.48. The molecule has 1 aromatic rings. The average molecular weight is 233 g/mol. The first-order valence-electron chi connectivity index (χ1n) is 6.56. The Bertz CT molecular complexity index is 392. The Morgan fingerprint density at radius 3 is 3.00 bits per heavy atom. The van der Waals surface area contributed by atoms with E-state index in [1.165, 1.54) is 12.8 Å². The van der Waals surface area contributed by atoms with E-state index in [-0.39, 0.29) is 0 Å². The Balaban J connectivity index is 1.68. The molecule has 0 aromatic carbocycles. The molecule has 2 aliphatic rings. The van der Waals surface area contributed by atoms with E-state index >= 15 is 0 Å². The van der Waals surface area contributed by atoms with Gasteiger partial charge in [0.1, 0.15) is 12.1 Å². The van der Waals surface area contributed by atoms with Crippen LogP contribution in [0.25, 0.3) is 0 Å². The van der Waals surface area contributed by atoms with Crippen LogP contribution in [0.5, 0.6) is 0 Å². The molecule has 1 saturated heterocycles. The van der Waals surface area contributed by atoms with Crippen molar-refractivity contribution in [2.24, 2.45) is 5.92 Å². The maximum atomic E-state index is 5.81. The van der Waals surface area contributed by atoms with Gasteiger partial charge in [-0.05, 0) is 31.6 Å². The lowest BCUT2D eigenvalue weighted by atomic mass is 10.1. The molecular weight excluding hydrogens is 214 g/mol. The molecule has 0 spiro atoms. The van der Waals surface area contributed by atoms with Gasteiger partial charge in [0.05, 0.1) is 12.1 Å². The number of aromatic nitrogens is 2. The SMILES string of the molecule is CCc1cc(NC2CCOC2C2CC2)ncn1. The van der Waals surface area contributed by atoms with Crippen LogP contribution in [0.15, 0.2) is 12.4 Å². The summed E-state index contributed by atoms with van der Waals surface area (Å²) in [5.41, 5.74) is 1.09. The zero-order valence-corrected chi connectivity index (χ0v) is 10.2. The predicted molar refractivity (Wildman–Crippen MR) is 65.9 cm³/mol. The van der Waals surface area contributed by atoms with Crippen LogP contribution in [0.2, 0.25) is 0 Å². The Morgan fingerprint density at radius 1 is 1.35 bits per heavy atom. The Labute approximate surface area is 102 Å². The molecule has 0 bridgehead atoms. The third-order valence-electron chi connectivity index (χ3n) is 3.64. The van der Waals surface area contributed by atoms with Crippen molar-refractivity contribution in [2.45, 2.75) is 44.8 Å². The van der Waals surface area contributed by atoms with Gasteiger partial charge >= 0.3 is 0 Å². The Hall–Kier alpha value is -1.16. The highest BCUT2D eigenvalue weighted by molar-refractivity contribution is 5.36. The van der Waals surface area contributed by atoms with E-state index in [1.807, 2.05) is 6.07 Å². The number of nitrogens with one attached hydrogen (secondary N) is 1. The summed E-state index contributed by atoms with van der Waals surface area (Å²) < 4.78 is 5.81. The molecule has 3 rings (SSSR count). The van der Waals surface area contributed by atoms with Gasteiger partial charge in [-0.25, -0.2) is 9.97 Å². The number of aryl methyl sites for hydroxylation is 1. The van der Waals surface area contributed by atoms with Crippen LogP contribution in [0, 0.1) is 5.92 Å². The molecule has 0 amide bonds. The van der Waals surface area contributed by atoms with Gasteiger partial charge in [-0.3, -0.25) is 0 Å². The maximum absolute atomic E-state index is 5.81. The summed E-state index contributed by atoms with van der Waals surface area (Å²) >= 11 is 0. The highest BCUT2D eigenvalue weighted by Crippen LogP contribution is 2.39. The van der Waals surface area contributed by atoms with Gasteiger partial charge in [0.25, 0.3) is 0 Å². The maximum Gasteiger partial charge on any atom is 0.129 e. The summed E-state index contributed by atoms with van der Waals surface area (Å²) in [6.07, 6.45) is 6.73. The van der Waals surface area contributed by atoms with Gasteiger partial charge < -0.3 is 10.1 Å². The molecule has 0 radical (unpaired) electrons. The van der Waals surface area contributed by atoms with Crippen molar-refractivity contribution in [1.82, 2.24) is 9.97 Å². The van der Waals surface area contributed by atoms with Crippen LogP contribution in [-0.4, -0.2) is 28.7 Å². The van der Waals surface area contributed by atoms with Crippen molar-refractivity contribution >= 4 is 5.82 Å². The smallest absolute Gasteiger partial charge is 0.129 e. The van der Waals surface area contributed by atoms with E-state index < -0.39 is 0 Å². The normalized spacial score (nSPS) is 28.3. The summed E-state index contributed by atoms with van der Waals surface area (Å²) in [7, 11) is 0. The molecular formula is C13H19N3O. The Kier molecular flexibility index (Phi) is 2.97. The summed E-state index contributed by atoms with van der Waals surface area (Å²) in [4.78, 5) is 8.50. The standard InChI is InChI=1S/C13H19N3O/c1-2-10-7-12(15-8-14-10)16-11-5-6-17-13(11)9-3-4-9/h7-9,11,13H,2-6H2,1H3,(H,14,15,16). The van der Waals surface area contributed by atoms with Crippen molar-refractivity contribution < 1.29 is 4.74 Å². The van der Waals surface area contributed by atoms with E-state index in [9.17, 15) is 0 Å². The van der Waals surface area contributed by atoms with Gasteiger partial charge in [-0.15, -0.1) is 0 Å². The quantitative estimate of drug-likeness (QED) is 0.864. The van der Waals surface area contributed by atoms with Crippen molar-refractivity contribution in [1.29, 1.82) is 0 Å². The van der Waals surface area contributed by atoms with Crippen molar-refractivity contribution in [3.8, 4) is 0 Å². The van der Waals surface area contributed by atoms with Crippen molar-refractivity contribution in [3.05, 3.63) is 18.1 Å². The summed E-state index contributed by atoms with van der Waals surface area (Å²) in [5, 5.41) is 3.51. The van der Waals surface area contributed by atoms with Gasteiger partial charge in [0.2, 0.25) is 0 Å². The second kappa shape index (κ2) is 4.61. The van der Waals surface area contributed by atoms with E-state index in [4.69, 9.17) is 4.74 Å². The fourth-order valence-corrected chi connectivity index (χ4v) is 2.51. The summed E-state index contributed by atoms with van der Waals surface area (Å²) in [5.74, 6) is 1.72. The molecule has 92 valence electrons. The molecule has 1 saturated carbocycles. The minimum absolute atomic E-state index is 0.398.